The number of aliphatic imine (C=N–C) groups is 2. The molecule has 4 heteroatoms. The van der Waals surface area contributed by atoms with Gasteiger partial charge in [0.15, 0.2) is 5.84 Å². The number of furan rings is 1. The number of nitrogens with one attached hydrogen (secondary N) is 1. The maximum Gasteiger partial charge on any atom is 0.160 e. The van der Waals surface area contributed by atoms with Gasteiger partial charge >= 0.3 is 0 Å². The summed E-state index contributed by atoms with van der Waals surface area (Å²) in [6.45, 7) is 0. The summed E-state index contributed by atoms with van der Waals surface area (Å²) in [5.74, 6) is 1.46. The van der Waals surface area contributed by atoms with E-state index in [9.17, 15) is 0 Å². The highest BCUT2D eigenvalue weighted by molar-refractivity contribution is 6.22. The molecule has 0 saturated heterocycles. The second kappa shape index (κ2) is 11.0. The number of fused-ring (bicyclic) bond motifs is 7. The number of hydrogen-bond acceptors (Lipinski definition) is 4. The van der Waals surface area contributed by atoms with E-state index in [-0.39, 0.29) is 6.17 Å². The summed E-state index contributed by atoms with van der Waals surface area (Å²) in [6.07, 6.45) is -0.334. The van der Waals surface area contributed by atoms with Gasteiger partial charge in [-0.25, -0.2) is 9.98 Å². The van der Waals surface area contributed by atoms with Crippen LogP contribution in [-0.4, -0.2) is 11.7 Å². The molecular formula is C45H29N3O. The monoisotopic (exact) mass is 627 g/mol. The van der Waals surface area contributed by atoms with Crippen molar-refractivity contribution in [3.8, 4) is 11.1 Å². The number of nitrogens with zero attached hydrogens (tertiary/aromatic N) is 2. The van der Waals surface area contributed by atoms with Crippen molar-refractivity contribution in [1.29, 1.82) is 0 Å². The van der Waals surface area contributed by atoms with Gasteiger partial charge in [-0.1, -0.05) is 133 Å². The predicted molar refractivity (Wildman–Crippen MR) is 204 cm³/mol. The van der Waals surface area contributed by atoms with E-state index in [1.54, 1.807) is 0 Å². The molecule has 0 spiro atoms. The Morgan fingerprint density at radius 2 is 1.18 bits per heavy atom. The molecule has 1 unspecified atom stereocenters. The summed E-state index contributed by atoms with van der Waals surface area (Å²) in [4.78, 5) is 10.4. The molecule has 2 heterocycles. The quantitative estimate of drug-likeness (QED) is 0.197. The van der Waals surface area contributed by atoms with Crippen molar-refractivity contribution >= 4 is 65.9 Å². The number of benzene rings is 8. The van der Waals surface area contributed by atoms with Crippen LogP contribution in [0.3, 0.4) is 0 Å². The standard InChI is InChI=1S/C45H29N3O/c1-2-11-31(12-3-1)43-46-44(35-22-20-30-19-18-29-10-6-7-14-36(29)39(30)26-35)48-45(47-43)38-15-8-16-40-42(38)37-24-23-34(27-41(37)49-40)33-21-17-28-9-4-5-13-32(28)25-33/h1-27,44H,(H,46,47,48). The average molecular weight is 628 g/mol. The Bertz CT molecular complexity index is 2810. The zero-order valence-electron chi connectivity index (χ0n) is 26.5. The molecule has 0 amide bonds. The first-order valence-electron chi connectivity index (χ1n) is 16.6. The van der Waals surface area contributed by atoms with Crippen LogP contribution in [-0.2, 0) is 0 Å². The van der Waals surface area contributed by atoms with Gasteiger partial charge in [-0.3, -0.25) is 0 Å². The van der Waals surface area contributed by atoms with Crippen molar-refractivity contribution in [2.24, 2.45) is 9.98 Å². The Kier molecular flexibility index (Phi) is 6.21. The molecule has 1 atom stereocenters. The molecule has 1 aromatic heterocycles. The van der Waals surface area contributed by atoms with Crippen LogP contribution in [0.2, 0.25) is 0 Å². The lowest BCUT2D eigenvalue weighted by Gasteiger charge is -2.24. The van der Waals surface area contributed by atoms with Gasteiger partial charge in [-0.05, 0) is 79.3 Å². The number of rotatable bonds is 4. The van der Waals surface area contributed by atoms with Crippen LogP contribution in [0.1, 0.15) is 22.9 Å². The minimum Gasteiger partial charge on any atom is -0.456 e. The van der Waals surface area contributed by atoms with E-state index in [1.165, 1.54) is 32.3 Å². The van der Waals surface area contributed by atoms with E-state index in [0.29, 0.717) is 5.84 Å². The number of hydrogen-bond donors (Lipinski definition) is 1. The predicted octanol–water partition coefficient (Wildman–Crippen LogP) is 11.2. The van der Waals surface area contributed by atoms with Crippen LogP contribution < -0.4 is 5.32 Å². The largest absolute Gasteiger partial charge is 0.456 e. The normalized spacial score (nSPS) is 14.7. The highest BCUT2D eigenvalue weighted by Gasteiger charge is 2.24. The van der Waals surface area contributed by atoms with Crippen LogP contribution in [0.25, 0.3) is 65.4 Å². The summed E-state index contributed by atoms with van der Waals surface area (Å²) < 4.78 is 6.53. The van der Waals surface area contributed by atoms with E-state index in [0.717, 1.165) is 55.6 Å². The van der Waals surface area contributed by atoms with Gasteiger partial charge in [-0.15, -0.1) is 0 Å². The lowest BCUT2D eigenvalue weighted by molar-refractivity contribution is 0.668. The highest BCUT2D eigenvalue weighted by Crippen LogP contribution is 2.37. The molecule has 4 nitrogen and oxygen atoms in total. The van der Waals surface area contributed by atoms with Gasteiger partial charge in [0.25, 0.3) is 0 Å². The van der Waals surface area contributed by atoms with Crippen LogP contribution >= 0.6 is 0 Å². The summed E-state index contributed by atoms with van der Waals surface area (Å²) in [6, 6.07) is 57.6. The lowest BCUT2D eigenvalue weighted by atomic mass is 9.98. The smallest absolute Gasteiger partial charge is 0.160 e. The lowest BCUT2D eigenvalue weighted by Crippen LogP contribution is -2.33. The van der Waals surface area contributed by atoms with Crippen LogP contribution in [0.15, 0.2) is 178 Å². The average Bonchev–Trinajstić information content (AvgIpc) is 3.56. The van der Waals surface area contributed by atoms with Gasteiger partial charge in [-0.2, -0.15) is 0 Å². The fourth-order valence-electron chi connectivity index (χ4n) is 7.23. The molecule has 1 N–H and O–H groups in total. The molecule has 1 aliphatic rings. The molecule has 0 bridgehead atoms. The van der Waals surface area contributed by atoms with Gasteiger partial charge in [0, 0.05) is 21.9 Å². The van der Waals surface area contributed by atoms with Gasteiger partial charge in [0.2, 0.25) is 0 Å². The third-order valence-electron chi connectivity index (χ3n) is 9.70. The summed E-state index contributed by atoms with van der Waals surface area (Å²) in [5, 5.41) is 13.0. The first-order valence-corrected chi connectivity index (χ1v) is 16.6. The molecule has 8 aromatic carbocycles. The Balaban J connectivity index is 1.13. The van der Waals surface area contributed by atoms with E-state index < -0.39 is 0 Å². The van der Waals surface area contributed by atoms with Crippen LogP contribution in [0.5, 0.6) is 0 Å². The van der Waals surface area contributed by atoms with Crippen molar-refractivity contribution in [2.45, 2.75) is 6.17 Å². The zero-order chi connectivity index (χ0) is 32.3. The van der Waals surface area contributed by atoms with E-state index in [2.05, 4.69) is 139 Å². The second-order valence-electron chi connectivity index (χ2n) is 12.6. The maximum atomic E-state index is 6.53. The molecule has 0 radical (unpaired) electrons. The summed E-state index contributed by atoms with van der Waals surface area (Å²) >= 11 is 0. The first-order chi connectivity index (χ1) is 24.2. The first kappa shape index (κ1) is 27.6. The van der Waals surface area contributed by atoms with Crippen molar-refractivity contribution in [2.75, 3.05) is 0 Å². The van der Waals surface area contributed by atoms with Crippen LogP contribution in [0, 0.1) is 0 Å². The van der Waals surface area contributed by atoms with Gasteiger partial charge in [0.1, 0.15) is 23.2 Å². The third kappa shape index (κ3) is 4.68. The van der Waals surface area contributed by atoms with Crippen molar-refractivity contribution in [3.05, 3.63) is 180 Å². The molecule has 0 aliphatic carbocycles. The van der Waals surface area contributed by atoms with E-state index >= 15 is 0 Å². The zero-order valence-corrected chi connectivity index (χ0v) is 26.5. The third-order valence-corrected chi connectivity index (χ3v) is 9.70. The minimum atomic E-state index is -0.334. The van der Waals surface area contributed by atoms with Crippen LogP contribution in [0.4, 0.5) is 0 Å². The molecule has 9 aromatic rings. The van der Waals surface area contributed by atoms with E-state index in [4.69, 9.17) is 14.4 Å². The van der Waals surface area contributed by atoms with Gasteiger partial charge in [0.05, 0.1) is 0 Å². The fourth-order valence-corrected chi connectivity index (χ4v) is 7.23. The topological polar surface area (TPSA) is 49.9 Å². The van der Waals surface area contributed by atoms with Crippen molar-refractivity contribution in [1.82, 2.24) is 5.32 Å². The summed E-state index contributed by atoms with van der Waals surface area (Å²) in [5.41, 5.74) is 6.96. The molecular weight excluding hydrogens is 599 g/mol. The van der Waals surface area contributed by atoms with Crippen molar-refractivity contribution in [3.63, 3.8) is 0 Å². The van der Waals surface area contributed by atoms with Crippen molar-refractivity contribution < 1.29 is 4.42 Å². The molecule has 49 heavy (non-hydrogen) atoms. The van der Waals surface area contributed by atoms with Gasteiger partial charge < -0.3 is 9.73 Å². The fraction of sp³-hybridized carbons (Fsp3) is 0.0222. The summed E-state index contributed by atoms with van der Waals surface area (Å²) in [7, 11) is 0. The SMILES string of the molecule is c1ccc(C2=NC(c3cccc4oc5cc(-c6ccc7ccccc7c6)ccc5c34)=NC(c3ccc4ccc5ccccc5c4c3)N2)cc1. The molecule has 0 fully saturated rings. The molecule has 230 valence electrons. The van der Waals surface area contributed by atoms with E-state index in [1.807, 2.05) is 30.3 Å². The second-order valence-corrected chi connectivity index (χ2v) is 12.6. The molecule has 1 aliphatic heterocycles. The maximum absolute atomic E-state index is 6.53. The Labute approximate surface area is 282 Å². The number of amidine groups is 2. The molecule has 0 saturated carbocycles. The molecule has 10 rings (SSSR count). The Morgan fingerprint density at radius 1 is 0.469 bits per heavy atom. The Hall–Kier alpha value is -6.52. The highest BCUT2D eigenvalue weighted by atomic mass is 16.3. The Morgan fingerprint density at radius 3 is 2.08 bits per heavy atom. The minimum absolute atomic E-state index is 0.334.